The molecule has 0 bridgehead atoms. The molecule has 1 saturated carbocycles. The SMILES string of the molecule is CC(C)(C)c1ccc(OC2CCC(N)C2)cc1. The zero-order chi connectivity index (χ0) is 12.5. The molecule has 1 aromatic carbocycles. The minimum absolute atomic E-state index is 0.203. The molecule has 0 amide bonds. The Kier molecular flexibility index (Phi) is 3.43. The molecule has 0 aromatic heterocycles. The summed E-state index contributed by atoms with van der Waals surface area (Å²) < 4.78 is 5.93. The second kappa shape index (κ2) is 4.69. The van der Waals surface area contributed by atoms with Crippen molar-refractivity contribution < 1.29 is 4.74 Å². The molecule has 0 spiro atoms. The molecule has 1 aromatic rings. The van der Waals surface area contributed by atoms with E-state index in [0.717, 1.165) is 25.0 Å². The average Bonchev–Trinajstić information content (AvgIpc) is 2.63. The average molecular weight is 233 g/mol. The summed E-state index contributed by atoms with van der Waals surface area (Å²) in [6.45, 7) is 6.66. The van der Waals surface area contributed by atoms with Crippen molar-refractivity contribution in [1.29, 1.82) is 0 Å². The first kappa shape index (κ1) is 12.4. The van der Waals surface area contributed by atoms with Gasteiger partial charge in [0.05, 0.1) is 0 Å². The van der Waals surface area contributed by atoms with Gasteiger partial charge in [-0.25, -0.2) is 0 Å². The van der Waals surface area contributed by atoms with Crippen LogP contribution in [0.3, 0.4) is 0 Å². The lowest BCUT2D eigenvalue weighted by Crippen LogP contribution is -2.19. The largest absolute Gasteiger partial charge is 0.490 e. The van der Waals surface area contributed by atoms with E-state index in [-0.39, 0.29) is 5.41 Å². The molecule has 2 atom stereocenters. The van der Waals surface area contributed by atoms with Crippen LogP contribution in [0.2, 0.25) is 0 Å². The number of hydrogen-bond acceptors (Lipinski definition) is 2. The normalized spacial score (nSPS) is 24.9. The van der Waals surface area contributed by atoms with E-state index in [2.05, 4.69) is 45.0 Å². The molecule has 1 aliphatic carbocycles. The Hall–Kier alpha value is -1.02. The van der Waals surface area contributed by atoms with Gasteiger partial charge in [-0.2, -0.15) is 0 Å². The van der Waals surface area contributed by atoms with Crippen LogP contribution in [-0.4, -0.2) is 12.1 Å². The molecule has 94 valence electrons. The fourth-order valence-corrected chi connectivity index (χ4v) is 2.31. The van der Waals surface area contributed by atoms with E-state index in [1.807, 2.05) is 0 Å². The van der Waals surface area contributed by atoms with Crippen molar-refractivity contribution >= 4 is 0 Å². The van der Waals surface area contributed by atoms with Crippen molar-refractivity contribution in [2.75, 3.05) is 0 Å². The minimum atomic E-state index is 0.203. The van der Waals surface area contributed by atoms with Crippen LogP contribution in [0.1, 0.15) is 45.6 Å². The van der Waals surface area contributed by atoms with E-state index < -0.39 is 0 Å². The van der Waals surface area contributed by atoms with Gasteiger partial charge in [-0.3, -0.25) is 0 Å². The maximum atomic E-state index is 5.93. The summed E-state index contributed by atoms with van der Waals surface area (Å²) in [5, 5.41) is 0. The summed E-state index contributed by atoms with van der Waals surface area (Å²) in [4.78, 5) is 0. The summed E-state index contributed by atoms with van der Waals surface area (Å²) in [6.07, 6.45) is 3.47. The van der Waals surface area contributed by atoms with Gasteiger partial charge in [-0.1, -0.05) is 32.9 Å². The second-order valence-corrected chi connectivity index (χ2v) is 6.09. The zero-order valence-corrected chi connectivity index (χ0v) is 11.1. The van der Waals surface area contributed by atoms with Gasteiger partial charge < -0.3 is 10.5 Å². The highest BCUT2D eigenvalue weighted by Crippen LogP contribution is 2.27. The lowest BCUT2D eigenvalue weighted by molar-refractivity contribution is 0.208. The lowest BCUT2D eigenvalue weighted by atomic mass is 9.87. The van der Waals surface area contributed by atoms with Gasteiger partial charge in [-0.15, -0.1) is 0 Å². The molecular weight excluding hydrogens is 210 g/mol. The predicted octanol–water partition coefficient (Wildman–Crippen LogP) is 3.24. The van der Waals surface area contributed by atoms with Gasteiger partial charge in [-0.05, 0) is 42.4 Å². The first-order valence-corrected chi connectivity index (χ1v) is 6.48. The van der Waals surface area contributed by atoms with Crippen LogP contribution in [0.5, 0.6) is 5.75 Å². The van der Waals surface area contributed by atoms with E-state index in [9.17, 15) is 0 Å². The van der Waals surface area contributed by atoms with Gasteiger partial charge >= 0.3 is 0 Å². The Bertz CT molecular complexity index is 364. The topological polar surface area (TPSA) is 35.2 Å². The Labute approximate surface area is 104 Å². The van der Waals surface area contributed by atoms with Crippen molar-refractivity contribution in [2.45, 2.75) is 57.6 Å². The molecule has 1 fully saturated rings. The van der Waals surface area contributed by atoms with Crippen LogP contribution in [0.4, 0.5) is 0 Å². The first-order chi connectivity index (χ1) is 7.95. The number of hydrogen-bond donors (Lipinski definition) is 1. The van der Waals surface area contributed by atoms with Crippen LogP contribution in [0.15, 0.2) is 24.3 Å². The van der Waals surface area contributed by atoms with Crippen molar-refractivity contribution in [1.82, 2.24) is 0 Å². The van der Waals surface area contributed by atoms with Crippen molar-refractivity contribution in [3.8, 4) is 5.75 Å². The van der Waals surface area contributed by atoms with Crippen molar-refractivity contribution in [3.05, 3.63) is 29.8 Å². The highest BCUT2D eigenvalue weighted by molar-refractivity contribution is 5.31. The van der Waals surface area contributed by atoms with Crippen LogP contribution < -0.4 is 10.5 Å². The standard InChI is InChI=1S/C15H23NO/c1-15(2,3)11-4-7-13(8-5-11)17-14-9-6-12(16)10-14/h4-5,7-8,12,14H,6,9-10,16H2,1-3H3. The van der Waals surface area contributed by atoms with Crippen LogP contribution in [0, 0.1) is 0 Å². The van der Waals surface area contributed by atoms with Crippen LogP contribution in [-0.2, 0) is 5.41 Å². The maximum absolute atomic E-state index is 5.93. The second-order valence-electron chi connectivity index (χ2n) is 6.09. The highest BCUT2D eigenvalue weighted by Gasteiger charge is 2.23. The van der Waals surface area contributed by atoms with Gasteiger partial charge in [0.1, 0.15) is 11.9 Å². The summed E-state index contributed by atoms with van der Waals surface area (Å²) in [6, 6.07) is 8.79. The monoisotopic (exact) mass is 233 g/mol. The maximum Gasteiger partial charge on any atom is 0.119 e. The smallest absolute Gasteiger partial charge is 0.119 e. The summed E-state index contributed by atoms with van der Waals surface area (Å²) >= 11 is 0. The molecule has 2 rings (SSSR count). The molecule has 0 aliphatic heterocycles. The van der Waals surface area contributed by atoms with E-state index in [4.69, 9.17) is 10.5 Å². The first-order valence-electron chi connectivity index (χ1n) is 6.48. The van der Waals surface area contributed by atoms with Gasteiger partial charge in [0.15, 0.2) is 0 Å². The number of rotatable bonds is 2. The molecular formula is C15H23NO. The molecule has 2 unspecified atom stereocenters. The molecule has 1 aliphatic rings. The van der Waals surface area contributed by atoms with E-state index >= 15 is 0 Å². The molecule has 0 radical (unpaired) electrons. The van der Waals surface area contributed by atoms with Crippen LogP contribution >= 0.6 is 0 Å². The van der Waals surface area contributed by atoms with E-state index in [1.165, 1.54) is 5.56 Å². The van der Waals surface area contributed by atoms with E-state index in [0.29, 0.717) is 12.1 Å². The molecule has 0 saturated heterocycles. The molecule has 0 heterocycles. The summed E-state index contributed by atoms with van der Waals surface area (Å²) in [5.41, 5.74) is 7.42. The third kappa shape index (κ3) is 3.22. The number of nitrogens with two attached hydrogens (primary N) is 1. The lowest BCUT2D eigenvalue weighted by Gasteiger charge is -2.20. The Morgan fingerprint density at radius 1 is 1.12 bits per heavy atom. The Morgan fingerprint density at radius 2 is 1.76 bits per heavy atom. The van der Waals surface area contributed by atoms with Crippen molar-refractivity contribution in [3.63, 3.8) is 0 Å². The van der Waals surface area contributed by atoms with Gasteiger partial charge in [0, 0.05) is 6.04 Å². The fourth-order valence-electron chi connectivity index (χ4n) is 2.31. The molecule has 17 heavy (non-hydrogen) atoms. The van der Waals surface area contributed by atoms with Crippen molar-refractivity contribution in [2.24, 2.45) is 5.73 Å². The third-order valence-electron chi connectivity index (χ3n) is 3.45. The third-order valence-corrected chi connectivity index (χ3v) is 3.45. The molecule has 2 nitrogen and oxygen atoms in total. The molecule has 2 heteroatoms. The quantitative estimate of drug-likeness (QED) is 0.851. The van der Waals surface area contributed by atoms with Gasteiger partial charge in [0.2, 0.25) is 0 Å². The summed E-state index contributed by atoms with van der Waals surface area (Å²) in [5.74, 6) is 0.970. The fraction of sp³-hybridized carbons (Fsp3) is 0.600. The Balaban J connectivity index is 1.99. The number of benzene rings is 1. The minimum Gasteiger partial charge on any atom is -0.490 e. The number of ether oxygens (including phenoxy) is 1. The molecule has 2 N–H and O–H groups in total. The van der Waals surface area contributed by atoms with E-state index in [1.54, 1.807) is 0 Å². The van der Waals surface area contributed by atoms with Gasteiger partial charge in [0.25, 0.3) is 0 Å². The summed E-state index contributed by atoms with van der Waals surface area (Å²) in [7, 11) is 0. The Morgan fingerprint density at radius 3 is 2.24 bits per heavy atom. The zero-order valence-electron chi connectivity index (χ0n) is 11.1. The highest BCUT2D eigenvalue weighted by atomic mass is 16.5. The predicted molar refractivity (Wildman–Crippen MR) is 71.4 cm³/mol. The van der Waals surface area contributed by atoms with Crippen LogP contribution in [0.25, 0.3) is 0 Å².